The number of amides is 1. The highest BCUT2D eigenvalue weighted by atomic mass is 19.1. The minimum Gasteiger partial charge on any atom is -0.491 e. The molecule has 126 valence electrons. The summed E-state index contributed by atoms with van der Waals surface area (Å²) in [6.45, 7) is 1.46. The zero-order chi connectivity index (χ0) is 16.3. The highest BCUT2D eigenvalue weighted by Crippen LogP contribution is 2.33. The van der Waals surface area contributed by atoms with E-state index in [1.807, 2.05) is 4.90 Å². The number of hydrogen-bond acceptors (Lipinski definition) is 3. The van der Waals surface area contributed by atoms with Crippen LogP contribution in [0.2, 0.25) is 0 Å². The molecule has 1 amide bonds. The van der Waals surface area contributed by atoms with Gasteiger partial charge in [-0.2, -0.15) is 0 Å². The molecule has 1 saturated heterocycles. The Hall–Kier alpha value is -1.62. The van der Waals surface area contributed by atoms with Gasteiger partial charge < -0.3 is 14.7 Å². The van der Waals surface area contributed by atoms with Gasteiger partial charge in [0.2, 0.25) is 5.91 Å². The molecule has 1 aromatic rings. The summed E-state index contributed by atoms with van der Waals surface area (Å²) < 4.78 is 18.5. The molecule has 1 aliphatic carbocycles. The summed E-state index contributed by atoms with van der Waals surface area (Å²) in [6.07, 6.45) is 4.92. The van der Waals surface area contributed by atoms with Crippen LogP contribution in [-0.2, 0) is 4.79 Å². The predicted octanol–water partition coefficient (Wildman–Crippen LogP) is 2.75. The van der Waals surface area contributed by atoms with Gasteiger partial charge in [-0.3, -0.25) is 4.79 Å². The molecule has 1 saturated carbocycles. The molecule has 5 heteroatoms. The van der Waals surface area contributed by atoms with Gasteiger partial charge in [-0.05, 0) is 62.3 Å². The Morgan fingerprint density at radius 3 is 2.70 bits per heavy atom. The van der Waals surface area contributed by atoms with Crippen LogP contribution in [-0.4, -0.2) is 41.2 Å². The fourth-order valence-electron chi connectivity index (χ4n) is 3.02. The van der Waals surface area contributed by atoms with Gasteiger partial charge in [-0.15, -0.1) is 0 Å². The summed E-state index contributed by atoms with van der Waals surface area (Å²) in [5.41, 5.74) is -0.928. The minimum atomic E-state index is -0.928. The Morgan fingerprint density at radius 2 is 2.00 bits per heavy atom. The smallest absolute Gasteiger partial charge is 0.222 e. The number of rotatable bonds is 5. The number of ether oxygens (including phenoxy) is 1. The maximum Gasteiger partial charge on any atom is 0.222 e. The normalized spacial score (nSPS) is 25.0. The van der Waals surface area contributed by atoms with Crippen LogP contribution >= 0.6 is 0 Å². The number of carbonyl (C=O) groups is 1. The standard InChI is InChI=1S/C18H24FNO3/c19-15-4-6-16(7-5-15)23-13-18(22)8-1-10-20(11-9-18)17(21)12-14-2-3-14/h4-7,14,22H,1-3,8-13H2. The van der Waals surface area contributed by atoms with Gasteiger partial charge in [0.15, 0.2) is 0 Å². The zero-order valence-corrected chi connectivity index (χ0v) is 13.3. The van der Waals surface area contributed by atoms with Crippen LogP contribution in [0.3, 0.4) is 0 Å². The summed E-state index contributed by atoms with van der Waals surface area (Å²) in [4.78, 5) is 14.1. The van der Waals surface area contributed by atoms with Gasteiger partial charge in [-0.25, -0.2) is 4.39 Å². The van der Waals surface area contributed by atoms with Crippen LogP contribution in [0.15, 0.2) is 24.3 Å². The van der Waals surface area contributed by atoms with Crippen molar-refractivity contribution in [3.8, 4) is 5.75 Å². The van der Waals surface area contributed by atoms with Gasteiger partial charge in [0.25, 0.3) is 0 Å². The van der Waals surface area contributed by atoms with E-state index in [9.17, 15) is 14.3 Å². The lowest BCUT2D eigenvalue weighted by atomic mass is 9.96. The van der Waals surface area contributed by atoms with Crippen molar-refractivity contribution in [3.63, 3.8) is 0 Å². The summed E-state index contributed by atoms with van der Waals surface area (Å²) in [6, 6.07) is 5.79. The number of likely N-dealkylation sites (tertiary alicyclic amines) is 1. The first-order valence-electron chi connectivity index (χ1n) is 8.43. The number of hydrogen-bond donors (Lipinski definition) is 1. The predicted molar refractivity (Wildman–Crippen MR) is 84.6 cm³/mol. The van der Waals surface area contributed by atoms with Crippen molar-refractivity contribution < 1.29 is 19.0 Å². The summed E-state index contributed by atoms with van der Waals surface area (Å²) in [5.74, 6) is 1.05. The average molecular weight is 321 g/mol. The fraction of sp³-hybridized carbons (Fsp3) is 0.611. The Balaban J connectivity index is 1.50. The zero-order valence-electron chi connectivity index (χ0n) is 13.3. The van der Waals surface area contributed by atoms with E-state index in [2.05, 4.69) is 0 Å². The first-order chi connectivity index (χ1) is 11.0. The lowest BCUT2D eigenvalue weighted by Gasteiger charge is -2.27. The van der Waals surface area contributed by atoms with E-state index in [0.29, 0.717) is 44.0 Å². The molecular formula is C18H24FNO3. The van der Waals surface area contributed by atoms with Gasteiger partial charge in [0.1, 0.15) is 23.8 Å². The number of nitrogens with zero attached hydrogens (tertiary/aromatic N) is 1. The van der Waals surface area contributed by atoms with Gasteiger partial charge in [0.05, 0.1) is 0 Å². The van der Waals surface area contributed by atoms with E-state index in [1.54, 1.807) is 12.1 Å². The molecular weight excluding hydrogens is 297 g/mol. The van der Waals surface area contributed by atoms with Gasteiger partial charge >= 0.3 is 0 Å². The molecule has 0 spiro atoms. The Morgan fingerprint density at radius 1 is 1.26 bits per heavy atom. The molecule has 0 aromatic heterocycles. The summed E-state index contributed by atoms with van der Waals surface area (Å²) >= 11 is 0. The molecule has 1 aromatic carbocycles. The quantitative estimate of drug-likeness (QED) is 0.907. The van der Waals surface area contributed by atoms with Crippen LogP contribution in [0.1, 0.15) is 38.5 Å². The largest absolute Gasteiger partial charge is 0.491 e. The third-order valence-electron chi connectivity index (χ3n) is 4.75. The van der Waals surface area contributed by atoms with Crippen molar-refractivity contribution in [2.45, 2.75) is 44.1 Å². The third kappa shape index (κ3) is 4.67. The van der Waals surface area contributed by atoms with Crippen molar-refractivity contribution in [2.24, 2.45) is 5.92 Å². The van der Waals surface area contributed by atoms with Crippen molar-refractivity contribution in [1.82, 2.24) is 4.90 Å². The maximum absolute atomic E-state index is 12.9. The molecule has 0 bridgehead atoms. The number of aliphatic hydroxyl groups is 1. The Labute approximate surface area is 136 Å². The number of halogens is 1. The van der Waals surface area contributed by atoms with Crippen LogP contribution in [0.4, 0.5) is 4.39 Å². The summed E-state index contributed by atoms with van der Waals surface area (Å²) in [7, 11) is 0. The third-order valence-corrected chi connectivity index (χ3v) is 4.75. The minimum absolute atomic E-state index is 0.170. The summed E-state index contributed by atoms with van der Waals surface area (Å²) in [5, 5.41) is 10.7. The monoisotopic (exact) mass is 321 g/mol. The second-order valence-corrected chi connectivity index (χ2v) is 6.85. The molecule has 0 radical (unpaired) electrons. The molecule has 1 atom stereocenters. The van der Waals surface area contributed by atoms with Crippen molar-refractivity contribution >= 4 is 5.91 Å². The van der Waals surface area contributed by atoms with E-state index in [1.165, 1.54) is 25.0 Å². The first kappa shape index (κ1) is 16.2. The second-order valence-electron chi connectivity index (χ2n) is 6.85. The Kier molecular flexibility index (Phi) is 4.85. The molecule has 2 fully saturated rings. The molecule has 23 heavy (non-hydrogen) atoms. The maximum atomic E-state index is 12.9. The molecule has 3 rings (SSSR count). The van der Waals surface area contributed by atoms with Crippen molar-refractivity contribution in [1.29, 1.82) is 0 Å². The SMILES string of the molecule is O=C(CC1CC1)N1CCCC(O)(COc2ccc(F)cc2)CC1. The molecule has 4 nitrogen and oxygen atoms in total. The van der Waals surface area contributed by atoms with Crippen molar-refractivity contribution in [3.05, 3.63) is 30.1 Å². The lowest BCUT2D eigenvalue weighted by Crippen LogP contribution is -2.38. The van der Waals surface area contributed by atoms with Crippen LogP contribution in [0.25, 0.3) is 0 Å². The van der Waals surface area contributed by atoms with E-state index in [4.69, 9.17) is 4.74 Å². The molecule has 1 unspecified atom stereocenters. The molecule has 2 aliphatic rings. The highest BCUT2D eigenvalue weighted by Gasteiger charge is 2.33. The number of benzene rings is 1. The van der Waals surface area contributed by atoms with Crippen LogP contribution in [0, 0.1) is 11.7 Å². The van der Waals surface area contributed by atoms with Gasteiger partial charge in [0, 0.05) is 19.5 Å². The molecule has 1 N–H and O–H groups in total. The number of carbonyl (C=O) groups excluding carboxylic acids is 1. The van der Waals surface area contributed by atoms with E-state index in [0.717, 1.165) is 6.42 Å². The molecule has 1 aliphatic heterocycles. The molecule has 1 heterocycles. The van der Waals surface area contributed by atoms with E-state index >= 15 is 0 Å². The highest BCUT2D eigenvalue weighted by molar-refractivity contribution is 5.76. The van der Waals surface area contributed by atoms with E-state index < -0.39 is 5.60 Å². The van der Waals surface area contributed by atoms with Crippen molar-refractivity contribution in [2.75, 3.05) is 19.7 Å². The topological polar surface area (TPSA) is 49.8 Å². The Bertz CT molecular complexity index is 544. The first-order valence-corrected chi connectivity index (χ1v) is 8.43. The van der Waals surface area contributed by atoms with Gasteiger partial charge in [-0.1, -0.05) is 0 Å². The second kappa shape index (κ2) is 6.87. The lowest BCUT2D eigenvalue weighted by molar-refractivity contribution is -0.131. The van der Waals surface area contributed by atoms with Crippen LogP contribution < -0.4 is 4.74 Å². The average Bonchev–Trinajstić information content (AvgIpc) is 3.35. The fourth-order valence-corrected chi connectivity index (χ4v) is 3.02. The van der Waals surface area contributed by atoms with Crippen LogP contribution in [0.5, 0.6) is 5.75 Å². The van der Waals surface area contributed by atoms with E-state index in [-0.39, 0.29) is 18.3 Å².